The van der Waals surface area contributed by atoms with E-state index in [0.717, 1.165) is 12.3 Å². The highest BCUT2D eigenvalue weighted by Crippen LogP contribution is 2.33. The predicted octanol–water partition coefficient (Wildman–Crippen LogP) is 2.19. The highest BCUT2D eigenvalue weighted by molar-refractivity contribution is 4.77. The van der Waals surface area contributed by atoms with Crippen LogP contribution in [-0.4, -0.2) is 11.2 Å². The van der Waals surface area contributed by atoms with Gasteiger partial charge in [-0.3, -0.25) is 0 Å². The van der Waals surface area contributed by atoms with Gasteiger partial charge in [0.2, 0.25) is 0 Å². The van der Waals surface area contributed by atoms with E-state index in [2.05, 4.69) is 13.8 Å². The highest BCUT2D eigenvalue weighted by atomic mass is 16.3. The Balaban J connectivity index is 2.29. The van der Waals surface area contributed by atoms with Crippen LogP contribution in [0.15, 0.2) is 0 Å². The summed E-state index contributed by atoms with van der Waals surface area (Å²) >= 11 is 0. The molecule has 0 bridgehead atoms. The maximum Gasteiger partial charge on any atom is 0.0565 e. The van der Waals surface area contributed by atoms with E-state index in [1.54, 1.807) is 0 Å². The molecule has 0 saturated heterocycles. The Bertz CT molecular complexity index is 101. The van der Waals surface area contributed by atoms with Crippen molar-refractivity contribution >= 4 is 0 Å². The monoisotopic (exact) mass is 142 g/mol. The van der Waals surface area contributed by atoms with Crippen LogP contribution in [-0.2, 0) is 0 Å². The summed E-state index contributed by atoms with van der Waals surface area (Å²) in [6.07, 6.45) is 4.72. The van der Waals surface area contributed by atoms with Crippen molar-refractivity contribution in [1.29, 1.82) is 0 Å². The molecule has 0 aromatic heterocycles. The van der Waals surface area contributed by atoms with Gasteiger partial charge in [-0.05, 0) is 31.1 Å². The second kappa shape index (κ2) is 3.38. The number of aliphatic hydroxyl groups excluding tert-OH is 1. The van der Waals surface area contributed by atoms with Gasteiger partial charge in [-0.2, -0.15) is 0 Å². The summed E-state index contributed by atoms with van der Waals surface area (Å²) in [6, 6.07) is 0. The minimum atomic E-state index is -0.0232. The number of hydrogen-bond acceptors (Lipinski definition) is 1. The molecule has 3 atom stereocenters. The van der Waals surface area contributed by atoms with Crippen molar-refractivity contribution in [2.75, 3.05) is 0 Å². The van der Waals surface area contributed by atoms with Gasteiger partial charge < -0.3 is 5.11 Å². The Kier molecular flexibility index (Phi) is 2.72. The van der Waals surface area contributed by atoms with Crippen LogP contribution < -0.4 is 0 Å². The van der Waals surface area contributed by atoms with Gasteiger partial charge in [-0.15, -0.1) is 0 Å². The number of rotatable bonds is 2. The lowest BCUT2D eigenvalue weighted by Crippen LogP contribution is -2.16. The predicted molar refractivity (Wildman–Crippen MR) is 42.8 cm³/mol. The minimum absolute atomic E-state index is 0.0232. The first kappa shape index (κ1) is 8.06. The van der Waals surface area contributed by atoms with Gasteiger partial charge in [0.1, 0.15) is 0 Å². The van der Waals surface area contributed by atoms with E-state index < -0.39 is 0 Å². The lowest BCUT2D eigenvalue weighted by atomic mass is 9.98. The normalized spacial score (nSPS) is 36.3. The van der Waals surface area contributed by atoms with Crippen LogP contribution in [0.3, 0.4) is 0 Å². The molecule has 0 spiro atoms. The molecule has 1 rings (SSSR count). The van der Waals surface area contributed by atoms with E-state index in [-0.39, 0.29) is 6.10 Å². The molecule has 2 unspecified atom stereocenters. The summed E-state index contributed by atoms with van der Waals surface area (Å²) < 4.78 is 0. The molecular weight excluding hydrogens is 124 g/mol. The van der Waals surface area contributed by atoms with Gasteiger partial charge in [0.25, 0.3) is 0 Å². The molecule has 0 aliphatic heterocycles. The Morgan fingerprint density at radius 2 is 2.20 bits per heavy atom. The van der Waals surface area contributed by atoms with Crippen LogP contribution in [0.5, 0.6) is 0 Å². The first-order valence-corrected chi connectivity index (χ1v) is 4.42. The summed E-state index contributed by atoms with van der Waals surface area (Å²) in [7, 11) is 0. The molecule has 0 radical (unpaired) electrons. The lowest BCUT2D eigenvalue weighted by molar-refractivity contribution is 0.105. The van der Waals surface area contributed by atoms with Crippen LogP contribution in [0.2, 0.25) is 0 Å². The first-order valence-electron chi connectivity index (χ1n) is 4.42. The molecule has 0 amide bonds. The maximum absolute atomic E-state index is 9.48. The molecule has 10 heavy (non-hydrogen) atoms. The largest absolute Gasteiger partial charge is 0.393 e. The summed E-state index contributed by atoms with van der Waals surface area (Å²) in [5, 5.41) is 9.48. The van der Waals surface area contributed by atoms with Gasteiger partial charge in [0, 0.05) is 0 Å². The fourth-order valence-corrected chi connectivity index (χ4v) is 1.93. The molecule has 0 aromatic rings. The molecular formula is C9H18O. The fraction of sp³-hybridized carbons (Fsp3) is 1.00. The van der Waals surface area contributed by atoms with Crippen molar-refractivity contribution in [2.24, 2.45) is 11.8 Å². The third-order valence-electron chi connectivity index (χ3n) is 2.70. The van der Waals surface area contributed by atoms with Crippen molar-refractivity contribution in [3.05, 3.63) is 0 Å². The smallest absolute Gasteiger partial charge is 0.0565 e. The molecule has 60 valence electrons. The zero-order valence-electron chi connectivity index (χ0n) is 7.01. The van der Waals surface area contributed by atoms with Crippen LogP contribution in [0, 0.1) is 11.8 Å². The van der Waals surface area contributed by atoms with Gasteiger partial charge in [-0.1, -0.05) is 20.3 Å². The van der Waals surface area contributed by atoms with Crippen LogP contribution in [0.25, 0.3) is 0 Å². The average Bonchev–Trinajstić information content (AvgIpc) is 2.34. The Morgan fingerprint density at radius 1 is 1.50 bits per heavy atom. The lowest BCUT2D eigenvalue weighted by Gasteiger charge is -2.15. The van der Waals surface area contributed by atoms with Gasteiger partial charge in [0.15, 0.2) is 0 Å². The molecule has 1 aliphatic rings. The van der Waals surface area contributed by atoms with Gasteiger partial charge >= 0.3 is 0 Å². The molecule has 0 aromatic carbocycles. The second-order valence-corrected chi connectivity index (χ2v) is 3.65. The Labute approximate surface area is 63.4 Å². The van der Waals surface area contributed by atoms with E-state index in [4.69, 9.17) is 0 Å². The molecule has 0 heterocycles. The number of hydrogen-bond donors (Lipinski definition) is 1. The van der Waals surface area contributed by atoms with Crippen molar-refractivity contribution in [3.63, 3.8) is 0 Å². The third kappa shape index (κ3) is 1.72. The topological polar surface area (TPSA) is 20.2 Å². The summed E-state index contributed by atoms with van der Waals surface area (Å²) in [4.78, 5) is 0. The molecule has 1 fully saturated rings. The van der Waals surface area contributed by atoms with E-state index in [0.29, 0.717) is 5.92 Å². The fourth-order valence-electron chi connectivity index (χ4n) is 1.93. The van der Waals surface area contributed by atoms with Crippen molar-refractivity contribution < 1.29 is 5.11 Å². The van der Waals surface area contributed by atoms with Crippen molar-refractivity contribution in [2.45, 2.75) is 45.6 Å². The SMILES string of the molecule is CC[C@H](O)C1CCC(C)C1. The quantitative estimate of drug-likeness (QED) is 0.626. The van der Waals surface area contributed by atoms with Crippen molar-refractivity contribution in [1.82, 2.24) is 0 Å². The van der Waals surface area contributed by atoms with Crippen LogP contribution in [0.4, 0.5) is 0 Å². The van der Waals surface area contributed by atoms with Crippen LogP contribution >= 0.6 is 0 Å². The van der Waals surface area contributed by atoms with Gasteiger partial charge in [-0.25, -0.2) is 0 Å². The molecule has 1 saturated carbocycles. The van der Waals surface area contributed by atoms with E-state index >= 15 is 0 Å². The Hall–Kier alpha value is -0.0400. The summed E-state index contributed by atoms with van der Waals surface area (Å²) in [6.45, 7) is 4.34. The average molecular weight is 142 g/mol. The zero-order chi connectivity index (χ0) is 7.56. The molecule has 1 N–H and O–H groups in total. The van der Waals surface area contributed by atoms with E-state index in [9.17, 15) is 5.11 Å². The van der Waals surface area contributed by atoms with E-state index in [1.807, 2.05) is 0 Å². The van der Waals surface area contributed by atoms with Crippen molar-refractivity contribution in [3.8, 4) is 0 Å². The zero-order valence-corrected chi connectivity index (χ0v) is 7.01. The molecule has 1 nitrogen and oxygen atoms in total. The molecule has 1 aliphatic carbocycles. The standard InChI is InChI=1S/C9H18O/c1-3-9(10)8-5-4-7(2)6-8/h7-10H,3-6H2,1-2H3/t7?,8?,9-/m0/s1. The minimum Gasteiger partial charge on any atom is -0.393 e. The van der Waals surface area contributed by atoms with Crippen LogP contribution in [0.1, 0.15) is 39.5 Å². The van der Waals surface area contributed by atoms with E-state index in [1.165, 1.54) is 19.3 Å². The summed E-state index contributed by atoms with van der Waals surface area (Å²) in [5.74, 6) is 1.46. The summed E-state index contributed by atoms with van der Waals surface area (Å²) in [5.41, 5.74) is 0. The first-order chi connectivity index (χ1) is 4.74. The number of aliphatic hydroxyl groups is 1. The maximum atomic E-state index is 9.48. The molecule has 1 heteroatoms. The van der Waals surface area contributed by atoms with Gasteiger partial charge in [0.05, 0.1) is 6.10 Å². The second-order valence-electron chi connectivity index (χ2n) is 3.65. The highest BCUT2D eigenvalue weighted by Gasteiger charge is 2.25. The Morgan fingerprint density at radius 3 is 2.60 bits per heavy atom. The third-order valence-corrected chi connectivity index (χ3v) is 2.70.